The molecule has 2 saturated carbocycles. The SMILES string of the molecule is C[C@]12CCC3=C(COC3=O)C1C[C@@H]1O[C@@]13C(=O)C(CCCOC(=O)Oc1ccc([N+](=O)[O-])cc1)C[C@@H]1O[C@]123. The molecule has 4 fully saturated rings. The normalized spacial score (nSPS) is 39.6. The molecule has 11 heteroatoms. The molecule has 11 nitrogen and oxygen atoms in total. The van der Waals surface area contributed by atoms with Gasteiger partial charge in [0, 0.05) is 29.0 Å². The maximum atomic E-state index is 13.8. The second-order valence-electron chi connectivity index (χ2n) is 11.4. The summed E-state index contributed by atoms with van der Waals surface area (Å²) >= 11 is 0. The van der Waals surface area contributed by atoms with Crippen molar-refractivity contribution in [2.24, 2.45) is 17.3 Å². The Morgan fingerprint density at radius 3 is 2.71 bits per heavy atom. The summed E-state index contributed by atoms with van der Waals surface area (Å²) in [7, 11) is 0. The Bertz CT molecular complexity index is 1310. The number of carbonyl (C=O) groups excluding carboxylic acids is 3. The fourth-order valence-corrected chi connectivity index (χ4v) is 7.98. The molecule has 3 aliphatic carbocycles. The standard InChI is InChI=1S/C27H27NO10/c1-25-9-8-17-18(13-35-23(17)30)19(25)12-20-26(37-20)22(29)14(11-21-27(25,26)38-21)3-2-10-34-24(31)36-16-6-4-15(5-7-16)28(32)33/h4-7,14,19-21H,2-3,8-13H2,1H3/t14?,19?,20-,21-,25-,26+,27+/m0/s1. The van der Waals surface area contributed by atoms with E-state index in [1.165, 1.54) is 24.3 Å². The van der Waals surface area contributed by atoms with Gasteiger partial charge in [-0.1, -0.05) is 6.92 Å². The van der Waals surface area contributed by atoms with Crippen LogP contribution in [0.3, 0.4) is 0 Å². The average Bonchev–Trinajstić information content (AvgIpc) is 3.77. The van der Waals surface area contributed by atoms with E-state index in [2.05, 4.69) is 6.92 Å². The number of esters is 1. The number of benzene rings is 1. The zero-order chi connectivity index (χ0) is 26.4. The number of epoxide rings is 2. The summed E-state index contributed by atoms with van der Waals surface area (Å²) in [5.74, 6) is -0.111. The number of hydrogen-bond donors (Lipinski definition) is 0. The van der Waals surface area contributed by atoms with Crippen molar-refractivity contribution in [1.82, 2.24) is 0 Å². The maximum Gasteiger partial charge on any atom is 0.513 e. The van der Waals surface area contributed by atoms with Crippen molar-refractivity contribution in [3.05, 3.63) is 45.5 Å². The summed E-state index contributed by atoms with van der Waals surface area (Å²) in [6, 6.07) is 5.12. The molecule has 0 radical (unpaired) electrons. The Balaban J connectivity index is 0.973. The van der Waals surface area contributed by atoms with Crippen LogP contribution in [0.25, 0.3) is 0 Å². The molecule has 2 unspecified atom stereocenters. The predicted octanol–water partition coefficient (Wildman–Crippen LogP) is 3.43. The lowest BCUT2D eigenvalue weighted by molar-refractivity contribution is -0.384. The Kier molecular flexibility index (Phi) is 4.92. The molecule has 38 heavy (non-hydrogen) atoms. The first-order chi connectivity index (χ1) is 18.2. The number of nitrogens with zero attached hydrogens (tertiary/aromatic N) is 1. The fourth-order valence-electron chi connectivity index (χ4n) is 7.98. The Hall–Kier alpha value is -3.31. The Morgan fingerprint density at radius 2 is 1.95 bits per heavy atom. The molecule has 3 aliphatic heterocycles. The van der Waals surface area contributed by atoms with Crippen molar-refractivity contribution in [2.75, 3.05) is 13.2 Å². The van der Waals surface area contributed by atoms with Crippen LogP contribution >= 0.6 is 0 Å². The molecule has 1 aromatic carbocycles. The highest BCUT2D eigenvalue weighted by Gasteiger charge is 2.93. The van der Waals surface area contributed by atoms with E-state index in [9.17, 15) is 24.5 Å². The van der Waals surface area contributed by atoms with Crippen LogP contribution in [0.15, 0.2) is 35.4 Å². The lowest BCUT2D eigenvalue weighted by atomic mass is 9.47. The van der Waals surface area contributed by atoms with Crippen LogP contribution in [0.1, 0.15) is 45.4 Å². The fraction of sp³-hybridized carbons (Fsp3) is 0.593. The largest absolute Gasteiger partial charge is 0.513 e. The first-order valence-electron chi connectivity index (χ1n) is 13.1. The van der Waals surface area contributed by atoms with Crippen molar-refractivity contribution in [3.8, 4) is 5.75 Å². The molecular weight excluding hydrogens is 498 g/mol. The number of rotatable bonds is 6. The smallest absolute Gasteiger partial charge is 0.458 e. The Morgan fingerprint density at radius 1 is 1.16 bits per heavy atom. The average molecular weight is 526 g/mol. The van der Waals surface area contributed by atoms with Gasteiger partial charge in [-0.15, -0.1) is 0 Å². The number of nitro groups is 1. The molecule has 2 saturated heterocycles. The molecule has 0 bridgehead atoms. The van der Waals surface area contributed by atoms with Crippen LogP contribution in [0, 0.1) is 27.4 Å². The number of ether oxygens (including phenoxy) is 5. The number of carbonyl (C=O) groups is 3. The van der Waals surface area contributed by atoms with Crippen LogP contribution in [0.4, 0.5) is 10.5 Å². The van der Waals surface area contributed by atoms with E-state index in [1.54, 1.807) is 0 Å². The van der Waals surface area contributed by atoms with Gasteiger partial charge < -0.3 is 23.7 Å². The van der Waals surface area contributed by atoms with Crippen LogP contribution in [0.5, 0.6) is 5.75 Å². The number of fused-ring (bicyclic) bond motifs is 2. The van der Waals surface area contributed by atoms with Gasteiger partial charge in [-0.2, -0.15) is 0 Å². The Labute approximate surface area is 217 Å². The highest BCUT2D eigenvalue weighted by molar-refractivity contribution is 5.97. The molecular formula is C27H27NO10. The minimum absolute atomic E-state index is 0.0730. The monoisotopic (exact) mass is 525 g/mol. The van der Waals surface area contributed by atoms with Gasteiger partial charge in [-0.3, -0.25) is 14.9 Å². The highest BCUT2D eigenvalue weighted by atomic mass is 16.7. The summed E-state index contributed by atoms with van der Waals surface area (Å²) < 4.78 is 28.3. The quantitative estimate of drug-likeness (QED) is 0.135. The number of hydrogen-bond acceptors (Lipinski definition) is 10. The van der Waals surface area contributed by atoms with Crippen LogP contribution in [-0.4, -0.2) is 59.5 Å². The number of Topliss-reactive ketones (excluding diaryl/α,β-unsaturated/α-hetero) is 1. The van der Waals surface area contributed by atoms with Gasteiger partial charge in [0.2, 0.25) is 0 Å². The van der Waals surface area contributed by atoms with Gasteiger partial charge in [0.05, 0.1) is 23.7 Å². The molecule has 7 atom stereocenters. The third-order valence-corrected chi connectivity index (χ3v) is 9.78. The van der Waals surface area contributed by atoms with Crippen molar-refractivity contribution >= 4 is 23.6 Å². The lowest BCUT2D eigenvalue weighted by Crippen LogP contribution is -2.64. The molecule has 0 N–H and O–H groups in total. The maximum absolute atomic E-state index is 13.8. The number of non-ortho nitro benzene ring substituents is 1. The molecule has 7 rings (SSSR count). The van der Waals surface area contributed by atoms with Crippen molar-refractivity contribution in [2.45, 2.75) is 68.9 Å². The highest BCUT2D eigenvalue weighted by Crippen LogP contribution is 2.78. The first kappa shape index (κ1) is 23.8. The van der Waals surface area contributed by atoms with Gasteiger partial charge in [0.25, 0.3) is 5.69 Å². The molecule has 0 aromatic heterocycles. The zero-order valence-corrected chi connectivity index (χ0v) is 20.8. The van der Waals surface area contributed by atoms with Crippen molar-refractivity contribution in [1.29, 1.82) is 0 Å². The number of cyclic esters (lactones) is 1. The van der Waals surface area contributed by atoms with Crippen molar-refractivity contribution < 1.29 is 43.0 Å². The molecule has 200 valence electrons. The minimum atomic E-state index is -0.914. The summed E-state index contributed by atoms with van der Waals surface area (Å²) in [6.07, 6.45) is 2.53. The summed E-state index contributed by atoms with van der Waals surface area (Å²) in [5, 5.41) is 10.7. The van der Waals surface area contributed by atoms with Gasteiger partial charge in [-0.05, 0) is 62.1 Å². The molecule has 3 heterocycles. The lowest BCUT2D eigenvalue weighted by Gasteiger charge is -2.52. The van der Waals surface area contributed by atoms with Crippen LogP contribution < -0.4 is 4.74 Å². The van der Waals surface area contributed by atoms with E-state index < -0.39 is 22.3 Å². The zero-order valence-electron chi connectivity index (χ0n) is 20.8. The van der Waals surface area contributed by atoms with E-state index >= 15 is 0 Å². The predicted molar refractivity (Wildman–Crippen MR) is 126 cm³/mol. The van der Waals surface area contributed by atoms with Crippen LogP contribution in [-0.2, 0) is 28.5 Å². The van der Waals surface area contributed by atoms with E-state index in [-0.39, 0.29) is 59.3 Å². The molecule has 0 amide bonds. The summed E-state index contributed by atoms with van der Waals surface area (Å²) in [4.78, 5) is 48.2. The molecule has 1 aromatic rings. The minimum Gasteiger partial charge on any atom is -0.458 e. The third kappa shape index (κ3) is 3.00. The summed E-state index contributed by atoms with van der Waals surface area (Å²) in [6.45, 7) is 2.61. The number of ketones is 1. The van der Waals surface area contributed by atoms with Gasteiger partial charge in [0.15, 0.2) is 11.4 Å². The van der Waals surface area contributed by atoms with Crippen LogP contribution in [0.2, 0.25) is 0 Å². The van der Waals surface area contributed by atoms with Crippen molar-refractivity contribution in [3.63, 3.8) is 0 Å². The third-order valence-electron chi connectivity index (χ3n) is 9.78. The van der Waals surface area contributed by atoms with Gasteiger partial charge in [0.1, 0.15) is 18.0 Å². The van der Waals surface area contributed by atoms with E-state index in [4.69, 9.17) is 23.7 Å². The second-order valence-corrected chi connectivity index (χ2v) is 11.4. The first-order valence-corrected chi connectivity index (χ1v) is 13.1. The van der Waals surface area contributed by atoms with Gasteiger partial charge >= 0.3 is 12.1 Å². The summed E-state index contributed by atoms with van der Waals surface area (Å²) in [5.41, 5.74) is -0.0732. The molecule has 2 spiro atoms. The second kappa shape index (κ2) is 7.86. The topological polar surface area (TPSA) is 147 Å². The van der Waals surface area contributed by atoms with E-state index in [0.717, 1.165) is 17.6 Å². The number of nitro benzene ring substituents is 1. The van der Waals surface area contributed by atoms with E-state index in [0.29, 0.717) is 38.7 Å². The van der Waals surface area contributed by atoms with E-state index in [1.807, 2.05) is 0 Å². The van der Waals surface area contributed by atoms with Gasteiger partial charge in [-0.25, -0.2) is 9.59 Å². The molecule has 6 aliphatic rings.